The van der Waals surface area contributed by atoms with E-state index in [1.165, 1.54) is 5.56 Å². The van der Waals surface area contributed by atoms with E-state index in [9.17, 15) is 0 Å². The Bertz CT molecular complexity index is 387. The largest absolute Gasteiger partial charge is 0.379 e. The third-order valence-corrected chi connectivity index (χ3v) is 4.32. The highest BCUT2D eigenvalue weighted by Crippen LogP contribution is 2.34. The Hall–Kier alpha value is -0.900. The second-order valence-corrected chi connectivity index (χ2v) is 5.62. The van der Waals surface area contributed by atoms with Gasteiger partial charge in [0.25, 0.3) is 0 Å². The minimum Gasteiger partial charge on any atom is -0.379 e. The van der Waals surface area contributed by atoms with Gasteiger partial charge in [-0.3, -0.25) is 4.90 Å². The van der Waals surface area contributed by atoms with Crippen LogP contribution in [0.5, 0.6) is 0 Å². The fourth-order valence-electron chi connectivity index (χ4n) is 3.21. The highest BCUT2D eigenvalue weighted by Gasteiger charge is 2.41. The van der Waals surface area contributed by atoms with Crippen LogP contribution in [0.1, 0.15) is 24.9 Å². The van der Waals surface area contributed by atoms with E-state index in [0.717, 1.165) is 39.3 Å². The first-order valence-electron chi connectivity index (χ1n) is 6.90. The Morgan fingerprint density at radius 2 is 2.17 bits per heavy atom. The highest BCUT2D eigenvalue weighted by molar-refractivity contribution is 5.21. The van der Waals surface area contributed by atoms with Crippen molar-refractivity contribution < 1.29 is 4.74 Å². The smallest absolute Gasteiger partial charge is 0.0648 e. The molecule has 0 bridgehead atoms. The van der Waals surface area contributed by atoms with Gasteiger partial charge in [-0.1, -0.05) is 30.3 Å². The van der Waals surface area contributed by atoms with E-state index >= 15 is 0 Å². The summed E-state index contributed by atoms with van der Waals surface area (Å²) in [6, 6.07) is 11.3. The van der Waals surface area contributed by atoms with Crippen LogP contribution in [0.3, 0.4) is 0 Å². The molecule has 98 valence electrons. The van der Waals surface area contributed by atoms with E-state index in [-0.39, 0.29) is 5.54 Å². The summed E-state index contributed by atoms with van der Waals surface area (Å²) < 4.78 is 5.64. The van der Waals surface area contributed by atoms with Crippen LogP contribution in [0.15, 0.2) is 30.3 Å². The lowest BCUT2D eigenvalue weighted by molar-refractivity contribution is 0.0263. The molecule has 2 saturated heterocycles. The first-order chi connectivity index (χ1) is 8.80. The van der Waals surface area contributed by atoms with Crippen molar-refractivity contribution in [2.45, 2.75) is 24.9 Å². The molecular formula is C15H22N2O. The van der Waals surface area contributed by atoms with Gasteiger partial charge in [-0.05, 0) is 18.9 Å². The monoisotopic (exact) mass is 246 g/mol. The van der Waals surface area contributed by atoms with E-state index in [4.69, 9.17) is 4.74 Å². The molecule has 2 fully saturated rings. The number of nitrogens with zero attached hydrogens (tertiary/aromatic N) is 1. The second-order valence-electron chi connectivity index (χ2n) is 5.62. The fourth-order valence-corrected chi connectivity index (χ4v) is 3.21. The molecule has 2 unspecified atom stereocenters. The van der Waals surface area contributed by atoms with E-state index < -0.39 is 0 Å². The molecule has 0 spiro atoms. The van der Waals surface area contributed by atoms with Crippen molar-refractivity contribution in [2.75, 3.05) is 32.8 Å². The number of hydrogen-bond donors (Lipinski definition) is 1. The molecular weight excluding hydrogens is 224 g/mol. The van der Waals surface area contributed by atoms with Crippen LogP contribution < -0.4 is 5.32 Å². The summed E-state index contributed by atoms with van der Waals surface area (Å²) in [5, 5.41) is 3.52. The molecule has 1 N–H and O–H groups in total. The summed E-state index contributed by atoms with van der Waals surface area (Å²) in [6.07, 6.45) is 1.15. The topological polar surface area (TPSA) is 24.5 Å². The Morgan fingerprint density at radius 3 is 2.89 bits per heavy atom. The highest BCUT2D eigenvalue weighted by atomic mass is 16.5. The first kappa shape index (κ1) is 12.2. The summed E-state index contributed by atoms with van der Waals surface area (Å²) in [4.78, 5) is 2.64. The van der Waals surface area contributed by atoms with Crippen molar-refractivity contribution in [3.8, 4) is 0 Å². The Labute approximate surface area is 109 Å². The lowest BCUT2D eigenvalue weighted by Crippen LogP contribution is -2.56. The zero-order chi connectivity index (χ0) is 12.4. The molecule has 1 aromatic carbocycles. The first-order valence-corrected chi connectivity index (χ1v) is 6.90. The second kappa shape index (κ2) is 5.00. The average molecular weight is 246 g/mol. The Morgan fingerprint density at radius 1 is 1.33 bits per heavy atom. The quantitative estimate of drug-likeness (QED) is 0.861. The zero-order valence-corrected chi connectivity index (χ0v) is 11.1. The van der Waals surface area contributed by atoms with Crippen LogP contribution in [0.2, 0.25) is 0 Å². The molecule has 3 rings (SSSR count). The molecule has 2 atom stereocenters. The van der Waals surface area contributed by atoms with Gasteiger partial charge in [0.1, 0.15) is 0 Å². The number of piperazine rings is 1. The van der Waals surface area contributed by atoms with Crippen LogP contribution in [0.25, 0.3) is 0 Å². The molecule has 0 saturated carbocycles. The molecule has 3 nitrogen and oxygen atoms in total. The Kier molecular flexibility index (Phi) is 3.37. The fraction of sp³-hybridized carbons (Fsp3) is 0.600. The van der Waals surface area contributed by atoms with E-state index in [0.29, 0.717) is 6.04 Å². The van der Waals surface area contributed by atoms with Crippen molar-refractivity contribution >= 4 is 0 Å². The van der Waals surface area contributed by atoms with Crippen LogP contribution in [-0.4, -0.2) is 43.3 Å². The van der Waals surface area contributed by atoms with Crippen molar-refractivity contribution in [1.29, 1.82) is 0 Å². The number of benzene rings is 1. The van der Waals surface area contributed by atoms with Crippen LogP contribution in [-0.2, 0) is 4.74 Å². The number of nitrogens with one attached hydrogen (secondary N) is 1. The standard InChI is InChI=1S/C15H22N2O/c1-15(7-10-18-12-15)17-9-8-16-11-14(17)13-5-3-2-4-6-13/h2-6,14,16H,7-12H2,1H3. The van der Waals surface area contributed by atoms with Gasteiger partial charge in [0, 0.05) is 37.8 Å². The van der Waals surface area contributed by atoms with Gasteiger partial charge in [-0.2, -0.15) is 0 Å². The van der Waals surface area contributed by atoms with Crippen LogP contribution in [0.4, 0.5) is 0 Å². The molecule has 2 aliphatic heterocycles. The predicted molar refractivity (Wildman–Crippen MR) is 72.6 cm³/mol. The van der Waals surface area contributed by atoms with Gasteiger partial charge in [0.2, 0.25) is 0 Å². The Balaban J connectivity index is 1.86. The summed E-state index contributed by atoms with van der Waals surface area (Å²) in [5.41, 5.74) is 1.63. The van der Waals surface area contributed by atoms with Gasteiger partial charge < -0.3 is 10.1 Å². The summed E-state index contributed by atoms with van der Waals surface area (Å²) >= 11 is 0. The van der Waals surface area contributed by atoms with Crippen molar-refractivity contribution in [2.24, 2.45) is 0 Å². The maximum Gasteiger partial charge on any atom is 0.0648 e. The molecule has 3 heteroatoms. The normalized spacial score (nSPS) is 33.7. The molecule has 0 aliphatic carbocycles. The van der Waals surface area contributed by atoms with Gasteiger partial charge in [-0.15, -0.1) is 0 Å². The van der Waals surface area contributed by atoms with Gasteiger partial charge >= 0.3 is 0 Å². The maximum absolute atomic E-state index is 5.64. The van der Waals surface area contributed by atoms with Crippen LogP contribution in [0, 0.1) is 0 Å². The van der Waals surface area contributed by atoms with Crippen molar-refractivity contribution in [3.63, 3.8) is 0 Å². The van der Waals surface area contributed by atoms with Crippen molar-refractivity contribution in [1.82, 2.24) is 10.2 Å². The van der Waals surface area contributed by atoms with Gasteiger partial charge in [0.15, 0.2) is 0 Å². The molecule has 0 aromatic heterocycles. The number of rotatable bonds is 2. The molecule has 2 aliphatic rings. The lowest BCUT2D eigenvalue weighted by Gasteiger charge is -2.46. The molecule has 2 heterocycles. The number of ether oxygens (including phenoxy) is 1. The summed E-state index contributed by atoms with van der Waals surface area (Å²) in [6.45, 7) is 7.36. The lowest BCUT2D eigenvalue weighted by atomic mass is 9.92. The summed E-state index contributed by atoms with van der Waals surface area (Å²) in [5.74, 6) is 0. The van der Waals surface area contributed by atoms with Crippen LogP contribution >= 0.6 is 0 Å². The minimum atomic E-state index is 0.211. The molecule has 1 aromatic rings. The van der Waals surface area contributed by atoms with Crippen molar-refractivity contribution in [3.05, 3.63) is 35.9 Å². The predicted octanol–water partition coefficient (Wildman–Crippen LogP) is 1.81. The maximum atomic E-state index is 5.64. The minimum absolute atomic E-state index is 0.211. The average Bonchev–Trinajstić information content (AvgIpc) is 2.88. The SMILES string of the molecule is CC1(N2CCNCC2c2ccccc2)CCOC1. The van der Waals surface area contributed by atoms with E-state index in [1.807, 2.05) is 0 Å². The van der Waals surface area contributed by atoms with Gasteiger partial charge in [-0.25, -0.2) is 0 Å². The third-order valence-electron chi connectivity index (χ3n) is 4.32. The zero-order valence-electron chi connectivity index (χ0n) is 11.1. The molecule has 0 amide bonds. The summed E-state index contributed by atoms with van der Waals surface area (Å²) in [7, 11) is 0. The molecule has 0 radical (unpaired) electrons. The van der Waals surface area contributed by atoms with E-state index in [1.54, 1.807) is 0 Å². The molecule has 18 heavy (non-hydrogen) atoms. The van der Waals surface area contributed by atoms with Gasteiger partial charge in [0.05, 0.1) is 6.61 Å². The third kappa shape index (κ3) is 2.18. The number of hydrogen-bond acceptors (Lipinski definition) is 3. The van der Waals surface area contributed by atoms with E-state index in [2.05, 4.69) is 47.5 Å².